The van der Waals surface area contributed by atoms with E-state index in [1.807, 2.05) is 12.3 Å². The van der Waals surface area contributed by atoms with Crippen LogP contribution in [0.25, 0.3) is 0 Å². The number of rotatable bonds is 0. The maximum Gasteiger partial charge on any atom is 0.355 e. The molecule has 2 aromatic rings. The molecule has 1 aromatic heterocycles. The summed E-state index contributed by atoms with van der Waals surface area (Å²) in [7, 11) is 0. The standard InChI is InChI=1S/C9H12.C4H7N3S/c1-7-4-8(2)6-9(3)5-7;1-3-2-8-4(5)7(3)6/h4-6H,1-3H3;2,5H,6H2,1H3/p+1. The molecule has 0 saturated heterocycles. The van der Waals surface area contributed by atoms with E-state index in [2.05, 4.69) is 39.0 Å². The Morgan fingerprint density at radius 3 is 1.53 bits per heavy atom. The van der Waals surface area contributed by atoms with Crippen LogP contribution in [0.3, 0.4) is 0 Å². The summed E-state index contributed by atoms with van der Waals surface area (Å²) in [6.07, 6.45) is 0. The van der Waals surface area contributed by atoms with Gasteiger partial charge in [0.05, 0.1) is 0 Å². The molecular weight excluding hydrogens is 230 g/mol. The van der Waals surface area contributed by atoms with Crippen LogP contribution in [0.15, 0.2) is 23.6 Å². The van der Waals surface area contributed by atoms with Crippen LogP contribution < -0.4 is 16.3 Å². The smallest absolute Gasteiger partial charge is 0.276 e. The molecule has 0 aliphatic carbocycles. The zero-order valence-corrected chi connectivity index (χ0v) is 11.6. The molecule has 0 unspecified atom stereocenters. The minimum atomic E-state index is 0.641. The monoisotopic (exact) mass is 250 g/mol. The van der Waals surface area contributed by atoms with Gasteiger partial charge in [-0.3, -0.25) is 11.6 Å². The van der Waals surface area contributed by atoms with Crippen molar-refractivity contribution in [1.82, 2.24) is 0 Å². The van der Waals surface area contributed by atoms with Gasteiger partial charge < -0.3 is 0 Å². The maximum atomic E-state index is 5.40. The maximum absolute atomic E-state index is 5.40. The Hall–Kier alpha value is -1.55. The first-order chi connectivity index (χ1) is 7.90. The third-order valence-corrected chi connectivity index (χ3v) is 3.23. The first-order valence-corrected chi connectivity index (χ1v) is 6.33. The van der Waals surface area contributed by atoms with E-state index in [1.165, 1.54) is 32.7 Å². The SMILES string of the molecule is Cc1cc(C)cc(C)c1.Cc1csc(N)[n+]1N. The molecule has 0 bridgehead atoms. The van der Waals surface area contributed by atoms with Crippen LogP contribution in [0.1, 0.15) is 22.4 Å². The van der Waals surface area contributed by atoms with Crippen LogP contribution in [-0.2, 0) is 0 Å². The van der Waals surface area contributed by atoms with Crippen LogP contribution in [0.4, 0.5) is 5.13 Å². The predicted molar refractivity (Wildman–Crippen MR) is 74.5 cm³/mol. The van der Waals surface area contributed by atoms with Gasteiger partial charge in [-0.15, -0.1) is 4.68 Å². The Morgan fingerprint density at radius 2 is 1.35 bits per heavy atom. The molecule has 0 amide bonds. The molecule has 0 aliphatic heterocycles. The van der Waals surface area contributed by atoms with Crippen molar-refractivity contribution in [3.05, 3.63) is 46.0 Å². The summed E-state index contributed by atoms with van der Waals surface area (Å²) < 4.78 is 1.46. The normalized spacial score (nSPS) is 9.65. The number of benzene rings is 1. The number of hydrogen-bond donors (Lipinski definition) is 2. The number of aromatic nitrogens is 1. The third kappa shape index (κ3) is 4.07. The average Bonchev–Trinajstić information content (AvgIpc) is 2.48. The number of nitrogen functional groups attached to an aromatic ring is 2. The van der Waals surface area contributed by atoms with Gasteiger partial charge in [-0.05, 0) is 20.8 Å². The zero-order chi connectivity index (χ0) is 13.0. The zero-order valence-electron chi connectivity index (χ0n) is 10.8. The van der Waals surface area contributed by atoms with Gasteiger partial charge in [-0.2, -0.15) is 0 Å². The minimum Gasteiger partial charge on any atom is -0.276 e. The molecule has 2 rings (SSSR count). The fraction of sp³-hybridized carbons (Fsp3) is 0.308. The number of nitrogens with two attached hydrogens (primary N) is 2. The summed E-state index contributed by atoms with van der Waals surface area (Å²) in [4.78, 5) is 0. The van der Waals surface area contributed by atoms with Crippen molar-refractivity contribution in [2.45, 2.75) is 27.7 Å². The summed E-state index contributed by atoms with van der Waals surface area (Å²) in [5.41, 5.74) is 10.5. The summed E-state index contributed by atoms with van der Waals surface area (Å²) in [6, 6.07) is 6.56. The average molecular weight is 250 g/mol. The molecule has 1 heterocycles. The van der Waals surface area contributed by atoms with Crippen molar-refractivity contribution >= 4 is 16.5 Å². The van der Waals surface area contributed by atoms with Gasteiger partial charge >= 0.3 is 5.13 Å². The second kappa shape index (κ2) is 5.68. The highest BCUT2D eigenvalue weighted by Gasteiger charge is 2.04. The quantitative estimate of drug-likeness (QED) is 0.556. The number of anilines is 1. The molecule has 0 radical (unpaired) electrons. The van der Waals surface area contributed by atoms with E-state index in [-0.39, 0.29) is 0 Å². The van der Waals surface area contributed by atoms with Crippen LogP contribution in [-0.4, -0.2) is 0 Å². The van der Waals surface area contributed by atoms with E-state index in [0.29, 0.717) is 5.13 Å². The lowest BCUT2D eigenvalue weighted by Crippen LogP contribution is -2.47. The van der Waals surface area contributed by atoms with E-state index >= 15 is 0 Å². The van der Waals surface area contributed by atoms with Crippen LogP contribution >= 0.6 is 11.3 Å². The molecule has 92 valence electrons. The fourth-order valence-corrected chi connectivity index (χ4v) is 2.30. The highest BCUT2D eigenvalue weighted by Crippen LogP contribution is 2.06. The molecule has 0 saturated carbocycles. The highest BCUT2D eigenvalue weighted by atomic mass is 32.1. The van der Waals surface area contributed by atoms with Crippen molar-refractivity contribution in [1.29, 1.82) is 0 Å². The molecule has 0 atom stereocenters. The summed E-state index contributed by atoms with van der Waals surface area (Å²) >= 11 is 1.45. The van der Waals surface area contributed by atoms with E-state index in [9.17, 15) is 0 Å². The Labute approximate surface area is 107 Å². The number of aryl methyl sites for hydroxylation is 4. The van der Waals surface area contributed by atoms with E-state index in [0.717, 1.165) is 5.69 Å². The Morgan fingerprint density at radius 1 is 0.941 bits per heavy atom. The van der Waals surface area contributed by atoms with Gasteiger partial charge in [0.25, 0.3) is 0 Å². The summed E-state index contributed by atoms with van der Waals surface area (Å²) in [5.74, 6) is 5.40. The van der Waals surface area contributed by atoms with E-state index < -0.39 is 0 Å². The van der Waals surface area contributed by atoms with Crippen molar-refractivity contribution in [2.75, 3.05) is 11.6 Å². The third-order valence-electron chi connectivity index (χ3n) is 2.33. The van der Waals surface area contributed by atoms with Gasteiger partial charge in [-0.1, -0.05) is 46.2 Å². The lowest BCUT2D eigenvalue weighted by atomic mass is 10.1. The van der Waals surface area contributed by atoms with Gasteiger partial charge in [0, 0.05) is 12.3 Å². The molecule has 4 heteroatoms. The highest BCUT2D eigenvalue weighted by molar-refractivity contribution is 7.13. The van der Waals surface area contributed by atoms with Gasteiger partial charge in [0.15, 0.2) is 0 Å². The Balaban J connectivity index is 0.000000171. The van der Waals surface area contributed by atoms with E-state index in [4.69, 9.17) is 11.6 Å². The Kier molecular flexibility index (Phi) is 4.52. The first kappa shape index (κ1) is 13.5. The second-order valence-corrected chi connectivity index (χ2v) is 5.14. The molecule has 0 spiro atoms. The number of hydrogen-bond acceptors (Lipinski definition) is 3. The lowest BCUT2D eigenvalue weighted by molar-refractivity contribution is -0.625. The predicted octanol–water partition coefficient (Wildman–Crippen LogP) is 2.25. The first-order valence-electron chi connectivity index (χ1n) is 5.45. The molecular formula is C13H20N3S+. The summed E-state index contributed by atoms with van der Waals surface area (Å²) in [6.45, 7) is 8.28. The molecule has 0 fully saturated rings. The van der Waals surface area contributed by atoms with Crippen molar-refractivity contribution in [3.63, 3.8) is 0 Å². The van der Waals surface area contributed by atoms with Gasteiger partial charge in [0.2, 0.25) is 0 Å². The molecule has 4 N–H and O–H groups in total. The van der Waals surface area contributed by atoms with Crippen LogP contribution in [0.5, 0.6) is 0 Å². The summed E-state index contributed by atoms with van der Waals surface area (Å²) in [5, 5.41) is 2.55. The molecule has 1 aromatic carbocycles. The van der Waals surface area contributed by atoms with Crippen molar-refractivity contribution < 1.29 is 4.68 Å². The topological polar surface area (TPSA) is 55.9 Å². The van der Waals surface area contributed by atoms with Crippen molar-refractivity contribution in [3.8, 4) is 0 Å². The largest absolute Gasteiger partial charge is 0.355 e. The van der Waals surface area contributed by atoms with Crippen LogP contribution in [0.2, 0.25) is 0 Å². The number of thiazole rings is 1. The second-order valence-electron chi connectivity index (χ2n) is 4.25. The van der Waals surface area contributed by atoms with E-state index in [1.54, 1.807) is 0 Å². The van der Waals surface area contributed by atoms with Gasteiger partial charge in [0.1, 0.15) is 5.69 Å². The molecule has 3 nitrogen and oxygen atoms in total. The fourth-order valence-electron chi connectivity index (χ4n) is 1.64. The number of nitrogens with zero attached hydrogens (tertiary/aromatic N) is 1. The Bertz CT molecular complexity index is 433. The molecule has 17 heavy (non-hydrogen) atoms. The van der Waals surface area contributed by atoms with Crippen molar-refractivity contribution in [2.24, 2.45) is 0 Å². The molecule has 0 aliphatic rings. The minimum absolute atomic E-state index is 0.641. The lowest BCUT2D eigenvalue weighted by Gasteiger charge is -1.96. The van der Waals surface area contributed by atoms with Crippen LogP contribution in [0, 0.1) is 27.7 Å². The van der Waals surface area contributed by atoms with Gasteiger partial charge in [-0.25, -0.2) is 0 Å².